The Labute approximate surface area is 176 Å². The van der Waals surface area contributed by atoms with Gasteiger partial charge in [0.15, 0.2) is 6.61 Å². The van der Waals surface area contributed by atoms with E-state index in [1.54, 1.807) is 29.2 Å². The van der Waals surface area contributed by atoms with Crippen molar-refractivity contribution in [3.8, 4) is 5.75 Å². The van der Waals surface area contributed by atoms with Gasteiger partial charge in [-0.05, 0) is 49.7 Å². The highest BCUT2D eigenvalue weighted by Gasteiger charge is 2.34. The van der Waals surface area contributed by atoms with E-state index in [0.29, 0.717) is 24.5 Å². The fraction of sp³-hybridized carbons (Fsp3) is 0.348. The molecule has 0 radical (unpaired) electrons. The van der Waals surface area contributed by atoms with Crippen molar-refractivity contribution in [3.63, 3.8) is 0 Å². The summed E-state index contributed by atoms with van der Waals surface area (Å²) in [7, 11) is 0. The quantitative estimate of drug-likeness (QED) is 0.702. The fourth-order valence-electron chi connectivity index (χ4n) is 3.23. The van der Waals surface area contributed by atoms with Crippen LogP contribution in [0.5, 0.6) is 5.75 Å². The molecule has 0 aliphatic carbocycles. The zero-order valence-corrected chi connectivity index (χ0v) is 17.3. The van der Waals surface area contributed by atoms with Gasteiger partial charge in [0.2, 0.25) is 11.8 Å². The topological polar surface area (TPSA) is 87.7 Å². The minimum Gasteiger partial charge on any atom is -0.484 e. The molecule has 1 aliphatic rings. The summed E-state index contributed by atoms with van der Waals surface area (Å²) in [5.41, 5.74) is 2.55. The van der Waals surface area contributed by atoms with Crippen molar-refractivity contribution in [1.82, 2.24) is 5.32 Å². The van der Waals surface area contributed by atoms with Gasteiger partial charge in [0, 0.05) is 30.9 Å². The molecule has 1 aliphatic heterocycles. The fourth-order valence-corrected chi connectivity index (χ4v) is 3.23. The largest absolute Gasteiger partial charge is 0.484 e. The van der Waals surface area contributed by atoms with E-state index in [1.165, 1.54) is 0 Å². The van der Waals surface area contributed by atoms with E-state index in [0.717, 1.165) is 17.7 Å². The van der Waals surface area contributed by atoms with Gasteiger partial charge in [-0.3, -0.25) is 14.4 Å². The van der Waals surface area contributed by atoms with Gasteiger partial charge in [0.1, 0.15) is 5.75 Å². The first kappa shape index (κ1) is 21.4. The zero-order valence-electron chi connectivity index (χ0n) is 17.3. The Balaban J connectivity index is 1.51. The van der Waals surface area contributed by atoms with Crippen LogP contribution in [0.1, 0.15) is 25.3 Å². The molecule has 3 rings (SSSR count). The maximum absolute atomic E-state index is 12.3. The average Bonchev–Trinajstić information content (AvgIpc) is 3.14. The summed E-state index contributed by atoms with van der Waals surface area (Å²) in [6, 6.07) is 14.5. The molecule has 7 nitrogen and oxygen atoms in total. The van der Waals surface area contributed by atoms with Crippen LogP contribution < -0.4 is 20.3 Å². The Morgan fingerprint density at radius 3 is 2.47 bits per heavy atom. The third kappa shape index (κ3) is 5.59. The number of nitrogens with zero attached hydrogens (tertiary/aromatic N) is 1. The minimum atomic E-state index is -0.328. The SMILES string of the molecule is CCCNC(=O)[C@@H]1CC(=O)N(c2ccc(OCC(=O)Nc3ccc(C)cc3)cc2)C1. The molecule has 1 heterocycles. The van der Waals surface area contributed by atoms with Gasteiger partial charge in [-0.15, -0.1) is 0 Å². The Hall–Kier alpha value is -3.35. The lowest BCUT2D eigenvalue weighted by atomic mass is 10.1. The van der Waals surface area contributed by atoms with Crippen LogP contribution in [0.15, 0.2) is 48.5 Å². The Bertz CT molecular complexity index is 894. The molecule has 1 saturated heterocycles. The highest BCUT2D eigenvalue weighted by atomic mass is 16.5. The van der Waals surface area contributed by atoms with E-state index in [9.17, 15) is 14.4 Å². The van der Waals surface area contributed by atoms with Crippen molar-refractivity contribution in [2.75, 3.05) is 29.9 Å². The van der Waals surface area contributed by atoms with E-state index in [1.807, 2.05) is 38.1 Å². The first-order chi connectivity index (χ1) is 14.5. The summed E-state index contributed by atoms with van der Waals surface area (Å²) in [6.45, 7) is 4.84. The number of anilines is 2. The number of rotatable bonds is 8. The van der Waals surface area contributed by atoms with E-state index in [-0.39, 0.29) is 36.7 Å². The molecule has 30 heavy (non-hydrogen) atoms. The van der Waals surface area contributed by atoms with Crippen LogP contribution in [-0.4, -0.2) is 37.4 Å². The second-order valence-electron chi connectivity index (χ2n) is 7.39. The number of amides is 3. The van der Waals surface area contributed by atoms with Gasteiger partial charge < -0.3 is 20.3 Å². The molecule has 3 amide bonds. The molecule has 2 aromatic rings. The van der Waals surface area contributed by atoms with Gasteiger partial charge >= 0.3 is 0 Å². The minimum absolute atomic E-state index is 0.0715. The molecule has 2 N–H and O–H groups in total. The molecule has 158 valence electrons. The van der Waals surface area contributed by atoms with Crippen LogP contribution in [0.2, 0.25) is 0 Å². The Kier molecular flexibility index (Phi) is 7.06. The summed E-state index contributed by atoms with van der Waals surface area (Å²) in [6.07, 6.45) is 1.08. The molecule has 1 atom stereocenters. The molecule has 0 bridgehead atoms. The standard InChI is InChI=1S/C23H27N3O4/c1-3-12-24-23(29)17-13-22(28)26(14-17)19-8-10-20(11-9-19)30-15-21(27)25-18-6-4-16(2)5-7-18/h4-11,17H,3,12-15H2,1-2H3,(H,24,29)(H,25,27)/t17-/m1/s1. The van der Waals surface area contributed by atoms with Crippen molar-refractivity contribution in [1.29, 1.82) is 0 Å². The van der Waals surface area contributed by atoms with E-state index >= 15 is 0 Å². The lowest BCUT2D eigenvalue weighted by Gasteiger charge is -2.17. The third-order valence-electron chi connectivity index (χ3n) is 4.90. The molecule has 0 unspecified atom stereocenters. The first-order valence-electron chi connectivity index (χ1n) is 10.1. The number of benzene rings is 2. The molecule has 0 spiro atoms. The summed E-state index contributed by atoms with van der Waals surface area (Å²) >= 11 is 0. The number of ether oxygens (including phenoxy) is 1. The van der Waals surface area contributed by atoms with Crippen LogP contribution in [0.4, 0.5) is 11.4 Å². The molecule has 0 aromatic heterocycles. The van der Waals surface area contributed by atoms with Gasteiger partial charge in [-0.25, -0.2) is 0 Å². The van der Waals surface area contributed by atoms with E-state index in [2.05, 4.69) is 10.6 Å². The molecular weight excluding hydrogens is 382 g/mol. The first-order valence-corrected chi connectivity index (χ1v) is 10.1. The number of nitrogens with one attached hydrogen (secondary N) is 2. The van der Waals surface area contributed by atoms with Crippen molar-refractivity contribution in [3.05, 3.63) is 54.1 Å². The van der Waals surface area contributed by atoms with Crippen molar-refractivity contribution in [2.24, 2.45) is 5.92 Å². The normalized spacial score (nSPS) is 15.7. The van der Waals surface area contributed by atoms with Gasteiger partial charge in [-0.1, -0.05) is 24.6 Å². The molecule has 0 saturated carbocycles. The summed E-state index contributed by atoms with van der Waals surface area (Å²) < 4.78 is 5.53. The average molecular weight is 409 g/mol. The van der Waals surface area contributed by atoms with Gasteiger partial charge in [0.25, 0.3) is 5.91 Å². The summed E-state index contributed by atoms with van der Waals surface area (Å²) in [4.78, 5) is 38.1. The number of aryl methyl sites for hydroxylation is 1. The number of carbonyl (C=O) groups excluding carboxylic acids is 3. The van der Waals surface area contributed by atoms with Crippen LogP contribution in [0, 0.1) is 12.8 Å². The zero-order chi connectivity index (χ0) is 21.5. The molecule has 1 fully saturated rings. The highest BCUT2D eigenvalue weighted by Crippen LogP contribution is 2.27. The highest BCUT2D eigenvalue weighted by molar-refractivity contribution is 6.00. The number of hydrogen-bond acceptors (Lipinski definition) is 4. The Morgan fingerprint density at radius 2 is 1.80 bits per heavy atom. The monoisotopic (exact) mass is 409 g/mol. The summed E-state index contributed by atoms with van der Waals surface area (Å²) in [5, 5.41) is 5.62. The predicted molar refractivity (Wildman–Crippen MR) is 116 cm³/mol. The number of hydrogen-bond donors (Lipinski definition) is 2. The van der Waals surface area contributed by atoms with Gasteiger partial charge in [-0.2, -0.15) is 0 Å². The number of carbonyl (C=O) groups is 3. The predicted octanol–water partition coefficient (Wildman–Crippen LogP) is 2.89. The second-order valence-corrected chi connectivity index (χ2v) is 7.39. The molecule has 7 heteroatoms. The molecule has 2 aromatic carbocycles. The van der Waals surface area contributed by atoms with Crippen molar-refractivity contribution < 1.29 is 19.1 Å². The van der Waals surface area contributed by atoms with Crippen LogP contribution in [-0.2, 0) is 14.4 Å². The van der Waals surface area contributed by atoms with Gasteiger partial charge in [0.05, 0.1) is 5.92 Å². The van der Waals surface area contributed by atoms with Crippen molar-refractivity contribution in [2.45, 2.75) is 26.7 Å². The third-order valence-corrected chi connectivity index (χ3v) is 4.90. The Morgan fingerprint density at radius 1 is 1.10 bits per heavy atom. The second kappa shape index (κ2) is 9.91. The maximum Gasteiger partial charge on any atom is 0.262 e. The maximum atomic E-state index is 12.3. The lowest BCUT2D eigenvalue weighted by Crippen LogP contribution is -2.33. The lowest BCUT2D eigenvalue weighted by molar-refractivity contribution is -0.126. The van der Waals surface area contributed by atoms with E-state index < -0.39 is 0 Å². The summed E-state index contributed by atoms with van der Waals surface area (Å²) in [5.74, 6) is -0.198. The van der Waals surface area contributed by atoms with Crippen LogP contribution >= 0.6 is 0 Å². The molecular formula is C23H27N3O4. The van der Waals surface area contributed by atoms with Crippen molar-refractivity contribution >= 4 is 29.1 Å². The van der Waals surface area contributed by atoms with E-state index in [4.69, 9.17) is 4.74 Å². The van der Waals surface area contributed by atoms with Crippen LogP contribution in [0.25, 0.3) is 0 Å². The smallest absolute Gasteiger partial charge is 0.262 e. The van der Waals surface area contributed by atoms with Crippen LogP contribution in [0.3, 0.4) is 0 Å².